The number of aromatic nitrogens is 2. The molecule has 0 atom stereocenters. The molecule has 0 saturated carbocycles. The monoisotopic (exact) mass is 821 g/mol. The van der Waals surface area contributed by atoms with Crippen LogP contribution in [0.3, 0.4) is 0 Å². The fourth-order valence-corrected chi connectivity index (χ4v) is 9.35. The molecule has 0 aliphatic rings. The fraction of sp³-hybridized carbons (Fsp3) is 0.0172. The van der Waals surface area contributed by atoms with Gasteiger partial charge >= 0.3 is 0 Å². The standard InChI is InChI=1S/C58H39N5O/c1-59-57(39-18-7-3-8-19-39)61-58(60-37-38-16-5-2-6-17-38)47-25-15-24-46-50-36-43(30-33-55(50)64-56(46)47)63-52-27-14-12-23-45(52)49-35-41(29-32-54(49)63)40-28-31-53-48(34-40)44-22-11-13-26-51(44)62(53)42-20-9-4-10-21-42/h2-36H,1,37H2. The molecule has 3 heterocycles. The van der Waals surface area contributed by atoms with Gasteiger partial charge in [-0.1, -0.05) is 140 Å². The summed E-state index contributed by atoms with van der Waals surface area (Å²) >= 11 is 0. The van der Waals surface area contributed by atoms with Gasteiger partial charge in [-0.3, -0.25) is 4.99 Å². The van der Waals surface area contributed by atoms with Crippen molar-refractivity contribution in [2.24, 2.45) is 15.0 Å². The van der Waals surface area contributed by atoms with E-state index in [4.69, 9.17) is 14.4 Å². The normalized spacial score (nSPS) is 12.4. The Balaban J connectivity index is 0.980. The molecule has 64 heavy (non-hydrogen) atoms. The van der Waals surface area contributed by atoms with E-state index < -0.39 is 0 Å². The number of benzene rings is 9. The lowest BCUT2D eigenvalue weighted by atomic mass is 10.0. The molecule has 12 aromatic rings. The van der Waals surface area contributed by atoms with Gasteiger partial charge in [0.25, 0.3) is 0 Å². The number of hydrogen-bond acceptors (Lipinski definition) is 2. The van der Waals surface area contributed by atoms with Crippen LogP contribution in [0.25, 0.3) is 88.1 Å². The number of nitrogens with zero attached hydrogens (tertiary/aromatic N) is 5. The van der Waals surface area contributed by atoms with Crippen molar-refractivity contribution >= 4 is 83.9 Å². The third-order valence-electron chi connectivity index (χ3n) is 12.3. The first-order valence-corrected chi connectivity index (χ1v) is 21.5. The zero-order valence-corrected chi connectivity index (χ0v) is 34.8. The Bertz CT molecular complexity index is 3820. The van der Waals surface area contributed by atoms with Crippen molar-refractivity contribution < 1.29 is 4.42 Å². The van der Waals surface area contributed by atoms with Crippen LogP contribution in [0.4, 0.5) is 0 Å². The Morgan fingerprint density at radius 2 is 1.00 bits per heavy atom. The van der Waals surface area contributed by atoms with E-state index in [1.165, 1.54) is 43.7 Å². The second-order valence-electron chi connectivity index (χ2n) is 16.1. The van der Waals surface area contributed by atoms with Crippen LogP contribution in [0.2, 0.25) is 0 Å². The Labute approximate surface area is 369 Å². The Hall–Kier alpha value is -8.61. The van der Waals surface area contributed by atoms with Crippen LogP contribution in [0.5, 0.6) is 0 Å². The molecule has 0 aliphatic heterocycles. The average Bonchev–Trinajstić information content (AvgIpc) is 4.02. The molecule has 6 heteroatoms. The van der Waals surface area contributed by atoms with Gasteiger partial charge in [0.2, 0.25) is 0 Å². The van der Waals surface area contributed by atoms with Gasteiger partial charge in [-0.05, 0) is 96.2 Å². The van der Waals surface area contributed by atoms with Gasteiger partial charge in [-0.25, -0.2) is 9.98 Å². The van der Waals surface area contributed by atoms with Crippen LogP contribution in [-0.4, -0.2) is 27.5 Å². The highest BCUT2D eigenvalue weighted by molar-refractivity contribution is 6.19. The second-order valence-corrected chi connectivity index (χ2v) is 16.1. The molecule has 0 saturated heterocycles. The van der Waals surface area contributed by atoms with Crippen molar-refractivity contribution in [3.8, 4) is 22.5 Å². The number of amidine groups is 2. The van der Waals surface area contributed by atoms with E-state index in [0.717, 1.165) is 61.0 Å². The smallest absolute Gasteiger partial charge is 0.161 e. The van der Waals surface area contributed by atoms with E-state index >= 15 is 0 Å². The lowest BCUT2D eigenvalue weighted by molar-refractivity contribution is 0.668. The number of hydrogen-bond donors (Lipinski definition) is 0. The Morgan fingerprint density at radius 1 is 0.438 bits per heavy atom. The Kier molecular flexibility index (Phi) is 8.94. The predicted molar refractivity (Wildman–Crippen MR) is 267 cm³/mol. The van der Waals surface area contributed by atoms with Crippen LogP contribution in [-0.2, 0) is 6.54 Å². The lowest BCUT2D eigenvalue weighted by Crippen LogP contribution is -2.06. The Morgan fingerprint density at radius 3 is 1.66 bits per heavy atom. The van der Waals surface area contributed by atoms with Crippen molar-refractivity contribution in [3.63, 3.8) is 0 Å². The van der Waals surface area contributed by atoms with E-state index in [1.54, 1.807) is 0 Å². The van der Waals surface area contributed by atoms with Crippen LogP contribution in [0.1, 0.15) is 16.7 Å². The lowest BCUT2D eigenvalue weighted by Gasteiger charge is -2.09. The molecule has 12 rings (SSSR count). The van der Waals surface area contributed by atoms with E-state index in [2.05, 4.69) is 179 Å². The first-order chi connectivity index (χ1) is 31.7. The van der Waals surface area contributed by atoms with Crippen LogP contribution >= 0.6 is 0 Å². The summed E-state index contributed by atoms with van der Waals surface area (Å²) in [5, 5.41) is 6.86. The highest BCUT2D eigenvalue weighted by Gasteiger charge is 2.20. The first kappa shape index (κ1) is 37.2. The van der Waals surface area contributed by atoms with Gasteiger partial charge in [0.05, 0.1) is 34.2 Å². The minimum absolute atomic E-state index is 0.447. The van der Waals surface area contributed by atoms with Crippen LogP contribution in [0, 0.1) is 0 Å². The SMILES string of the molecule is C=NC(=NC(=NCc1ccccc1)c1cccc2c1oc1ccc(-n3c4ccccc4c4cc(-c5ccc6c(c5)c5ccccc5n6-c5ccccc5)ccc43)cc12)c1ccccc1. The van der Waals surface area contributed by atoms with Crippen molar-refractivity contribution in [3.05, 3.63) is 229 Å². The van der Waals surface area contributed by atoms with Gasteiger partial charge in [0.1, 0.15) is 11.2 Å². The zero-order valence-electron chi connectivity index (χ0n) is 34.8. The quantitative estimate of drug-likeness (QED) is 0.117. The highest BCUT2D eigenvalue weighted by Crippen LogP contribution is 2.40. The summed E-state index contributed by atoms with van der Waals surface area (Å²) in [5.41, 5.74) is 13.5. The summed E-state index contributed by atoms with van der Waals surface area (Å²) in [6.07, 6.45) is 0. The van der Waals surface area contributed by atoms with Gasteiger partial charge in [-0.15, -0.1) is 0 Å². The number of aliphatic imine (C=N–C) groups is 3. The number of furan rings is 1. The molecule has 0 radical (unpaired) electrons. The molecule has 302 valence electrons. The summed E-state index contributed by atoms with van der Waals surface area (Å²) in [6.45, 7) is 4.31. The molecule has 6 nitrogen and oxygen atoms in total. The summed E-state index contributed by atoms with van der Waals surface area (Å²) in [7, 11) is 0. The molecule has 0 spiro atoms. The van der Waals surface area contributed by atoms with Crippen molar-refractivity contribution in [2.45, 2.75) is 6.54 Å². The fourth-order valence-electron chi connectivity index (χ4n) is 9.35. The summed E-state index contributed by atoms with van der Waals surface area (Å²) < 4.78 is 11.5. The topological polar surface area (TPSA) is 60.1 Å². The first-order valence-electron chi connectivity index (χ1n) is 21.5. The van der Waals surface area contributed by atoms with Gasteiger partial charge in [0, 0.05) is 49.3 Å². The summed E-state index contributed by atoms with van der Waals surface area (Å²) in [4.78, 5) is 14.4. The van der Waals surface area contributed by atoms with Gasteiger partial charge < -0.3 is 13.6 Å². The van der Waals surface area contributed by atoms with E-state index in [9.17, 15) is 0 Å². The molecule has 0 amide bonds. The summed E-state index contributed by atoms with van der Waals surface area (Å²) in [6, 6.07) is 74.5. The van der Waals surface area contributed by atoms with E-state index in [-0.39, 0.29) is 0 Å². The molecule has 0 N–H and O–H groups in total. The van der Waals surface area contributed by atoms with Gasteiger partial charge in [-0.2, -0.15) is 0 Å². The van der Waals surface area contributed by atoms with Crippen molar-refractivity contribution in [1.29, 1.82) is 0 Å². The molecule has 9 aromatic carbocycles. The van der Waals surface area contributed by atoms with Crippen molar-refractivity contribution in [2.75, 3.05) is 0 Å². The van der Waals surface area contributed by atoms with E-state index in [1.807, 2.05) is 54.6 Å². The van der Waals surface area contributed by atoms with Crippen molar-refractivity contribution in [1.82, 2.24) is 9.13 Å². The molecule has 0 fully saturated rings. The maximum Gasteiger partial charge on any atom is 0.161 e. The maximum atomic E-state index is 6.73. The largest absolute Gasteiger partial charge is 0.455 e. The third-order valence-corrected chi connectivity index (χ3v) is 12.3. The average molecular weight is 822 g/mol. The third kappa shape index (κ3) is 6.23. The number of fused-ring (bicyclic) bond motifs is 9. The predicted octanol–water partition coefficient (Wildman–Crippen LogP) is 14.5. The molecule has 0 aliphatic carbocycles. The maximum absolute atomic E-state index is 6.73. The van der Waals surface area contributed by atoms with Crippen LogP contribution < -0.4 is 0 Å². The van der Waals surface area contributed by atoms with E-state index in [0.29, 0.717) is 18.2 Å². The molecule has 3 aromatic heterocycles. The van der Waals surface area contributed by atoms with Crippen LogP contribution in [0.15, 0.2) is 232 Å². The summed E-state index contributed by atoms with van der Waals surface area (Å²) in [5.74, 6) is 1.02. The molecule has 0 unspecified atom stereocenters. The minimum Gasteiger partial charge on any atom is -0.455 e. The molecular formula is C58H39N5O. The molecule has 0 bridgehead atoms. The highest BCUT2D eigenvalue weighted by atomic mass is 16.3. The molecular weight excluding hydrogens is 783 g/mol. The van der Waals surface area contributed by atoms with Gasteiger partial charge in [0.15, 0.2) is 11.7 Å². The number of para-hydroxylation sites is 4. The minimum atomic E-state index is 0.447. The zero-order chi connectivity index (χ0) is 42.6. The second kappa shape index (κ2) is 15.4. The number of rotatable bonds is 7.